The summed E-state index contributed by atoms with van der Waals surface area (Å²) in [5.41, 5.74) is 0. The van der Waals surface area contributed by atoms with Crippen molar-refractivity contribution >= 4 is 47.6 Å². The molecule has 21 heavy (non-hydrogen) atoms. The van der Waals surface area contributed by atoms with Crippen LogP contribution in [0.5, 0.6) is 11.5 Å². The van der Waals surface area contributed by atoms with Gasteiger partial charge in [0, 0.05) is 16.3 Å². The second kappa shape index (κ2) is 7.65. The molecule has 0 aliphatic rings. The molecule has 2 rings (SSSR count). The maximum atomic E-state index is 5.88. The van der Waals surface area contributed by atoms with Gasteiger partial charge in [-0.25, -0.2) is 0 Å². The van der Waals surface area contributed by atoms with Gasteiger partial charge in [0.2, 0.25) is 0 Å². The van der Waals surface area contributed by atoms with Crippen LogP contribution in [-0.4, -0.2) is 14.2 Å². The largest absolute Gasteiger partial charge is 0.497 e. The van der Waals surface area contributed by atoms with Crippen LogP contribution in [-0.2, 0) is 30.2 Å². The van der Waals surface area contributed by atoms with Crippen LogP contribution < -0.4 is 9.47 Å². The molecule has 7 heteroatoms. The van der Waals surface area contributed by atoms with E-state index in [1.165, 1.54) is 0 Å². The summed E-state index contributed by atoms with van der Waals surface area (Å²) in [4.78, 5) is 2.24. The molecule has 2 nitrogen and oxygen atoms in total. The van der Waals surface area contributed by atoms with Gasteiger partial charge >= 0.3 is 0 Å². The molecule has 0 fully saturated rings. The topological polar surface area (TPSA) is 18.5 Å². The summed E-state index contributed by atoms with van der Waals surface area (Å²) in [6.07, 6.45) is 0. The number of hydrogen-bond donors (Lipinski definition) is 1. The number of thiol groups is 1. The quantitative estimate of drug-likeness (QED) is 0.456. The zero-order valence-electron chi connectivity index (χ0n) is 11.6. The maximum Gasteiger partial charge on any atom is 0.118 e. The fourth-order valence-corrected chi connectivity index (χ4v) is 9.69. The van der Waals surface area contributed by atoms with Crippen molar-refractivity contribution in [2.75, 3.05) is 14.2 Å². The smallest absolute Gasteiger partial charge is 0.118 e. The van der Waals surface area contributed by atoms with Crippen LogP contribution in [0, 0.1) is 0 Å². The third-order valence-electron chi connectivity index (χ3n) is 2.79. The summed E-state index contributed by atoms with van der Waals surface area (Å²) in [7, 11) is 3.12. The fraction of sp³-hybridized carbons (Fsp3) is 0.143. The van der Waals surface area contributed by atoms with Gasteiger partial charge in [0.05, 0.1) is 14.2 Å². The number of methoxy groups -OCH3 is 2. The van der Waals surface area contributed by atoms with Gasteiger partial charge < -0.3 is 9.47 Å². The van der Waals surface area contributed by atoms with Crippen molar-refractivity contribution in [1.29, 1.82) is 0 Å². The van der Waals surface area contributed by atoms with Crippen molar-refractivity contribution in [1.82, 2.24) is 0 Å². The average Bonchev–Trinajstić information content (AvgIpc) is 2.55. The molecule has 0 amide bonds. The first kappa shape index (κ1) is 16.8. The van der Waals surface area contributed by atoms with Crippen LogP contribution in [0.1, 0.15) is 0 Å². The lowest BCUT2D eigenvalue weighted by Crippen LogP contribution is -1.96. The molecule has 0 aliphatic heterocycles. The number of ether oxygens (including phenoxy) is 2. The van der Waals surface area contributed by atoms with E-state index < -0.39 is 7.24 Å². The summed E-state index contributed by atoms with van der Waals surface area (Å²) < 4.78 is 10.4. The Morgan fingerprint density at radius 3 is 1.81 bits per heavy atom. The summed E-state index contributed by atoms with van der Waals surface area (Å²) in [5.74, 6) is 1.67. The zero-order valence-corrected chi connectivity index (χ0v) is 15.8. The van der Waals surface area contributed by atoms with Crippen LogP contribution in [0.2, 0.25) is 0 Å². The second-order valence-corrected chi connectivity index (χ2v) is 16.4. The van der Waals surface area contributed by atoms with Crippen LogP contribution in [0.4, 0.5) is 0 Å². The van der Waals surface area contributed by atoms with Crippen molar-refractivity contribution in [2.24, 2.45) is 0 Å². The van der Waals surface area contributed by atoms with E-state index in [9.17, 15) is 0 Å². The molecule has 0 N–H and O–H groups in total. The zero-order chi connectivity index (χ0) is 15.3. The molecular formula is C14H15O2PS4. The van der Waals surface area contributed by atoms with Crippen LogP contribution in [0.15, 0.2) is 58.3 Å². The molecule has 0 aromatic heterocycles. The Balaban J connectivity index is 2.26. The van der Waals surface area contributed by atoms with E-state index in [0.29, 0.717) is 0 Å². The molecule has 0 saturated carbocycles. The molecule has 2 aromatic carbocycles. The monoisotopic (exact) mass is 374 g/mol. The fourth-order valence-electron chi connectivity index (χ4n) is 1.67. The lowest BCUT2D eigenvalue weighted by molar-refractivity contribution is 0.414. The molecule has 0 aliphatic carbocycles. The Hall–Kier alpha value is -0.520. The third kappa shape index (κ3) is 4.24. The molecule has 0 spiro atoms. The SMILES string of the molecule is COc1ccc(S[SH](=S)(P=S)c2ccc(OC)cc2)cc1. The number of hydrogen-bond acceptors (Lipinski definition) is 5. The summed E-state index contributed by atoms with van der Waals surface area (Å²) in [6.45, 7) is 0.822. The Morgan fingerprint density at radius 2 is 1.38 bits per heavy atom. The molecule has 0 heterocycles. The molecule has 0 radical (unpaired) electrons. The van der Waals surface area contributed by atoms with Gasteiger partial charge in [-0.05, 0) is 71.5 Å². The van der Waals surface area contributed by atoms with E-state index in [1.807, 2.05) is 48.5 Å². The lowest BCUT2D eigenvalue weighted by atomic mass is 10.3. The summed E-state index contributed by atoms with van der Waals surface area (Å²) >= 11 is 11.2. The molecular weight excluding hydrogens is 359 g/mol. The molecule has 0 atom stereocenters. The van der Waals surface area contributed by atoms with Gasteiger partial charge in [0.15, 0.2) is 0 Å². The van der Waals surface area contributed by atoms with E-state index >= 15 is 0 Å². The van der Waals surface area contributed by atoms with Crippen LogP contribution in [0.3, 0.4) is 0 Å². The predicted molar refractivity (Wildman–Crippen MR) is 101 cm³/mol. The average molecular weight is 375 g/mol. The second-order valence-electron chi connectivity index (χ2n) is 4.07. The third-order valence-corrected chi connectivity index (χ3v) is 15.6. The highest BCUT2D eigenvalue weighted by molar-refractivity contribution is 9.10. The van der Waals surface area contributed by atoms with Crippen molar-refractivity contribution < 1.29 is 9.47 Å². The summed E-state index contributed by atoms with van der Waals surface area (Å²) in [5, 5.41) is 0. The van der Waals surface area contributed by atoms with Crippen molar-refractivity contribution in [3.05, 3.63) is 48.5 Å². The van der Waals surface area contributed by atoms with Gasteiger partial charge in [-0.15, -0.1) is 0 Å². The molecule has 0 bridgehead atoms. The molecule has 0 saturated heterocycles. The van der Waals surface area contributed by atoms with E-state index in [-0.39, 0.29) is 0 Å². The predicted octanol–water partition coefficient (Wildman–Crippen LogP) is 4.44. The first-order chi connectivity index (χ1) is 10.1. The number of rotatable bonds is 6. The minimum absolute atomic E-state index is 0.822. The minimum atomic E-state index is -1.89. The van der Waals surface area contributed by atoms with Crippen molar-refractivity contribution in [3.63, 3.8) is 0 Å². The van der Waals surface area contributed by atoms with Gasteiger partial charge in [-0.3, -0.25) is 0 Å². The van der Waals surface area contributed by atoms with E-state index in [0.717, 1.165) is 27.8 Å². The minimum Gasteiger partial charge on any atom is -0.497 e. The maximum absolute atomic E-state index is 5.88. The molecule has 2 aromatic rings. The first-order valence-electron chi connectivity index (χ1n) is 6.04. The van der Waals surface area contributed by atoms with E-state index in [4.69, 9.17) is 32.5 Å². The Kier molecular flexibility index (Phi) is 6.14. The highest BCUT2D eigenvalue weighted by atomic mass is 33.6. The van der Waals surface area contributed by atoms with Crippen LogP contribution in [0.25, 0.3) is 0 Å². The van der Waals surface area contributed by atoms with Gasteiger partial charge in [-0.1, -0.05) is 18.0 Å². The molecule has 112 valence electrons. The van der Waals surface area contributed by atoms with Gasteiger partial charge in [0.1, 0.15) is 11.5 Å². The standard InChI is InChI=1S/C14H15O2PS4/c1-15-11-3-7-13(8-4-11)20-21(19,17-18)14-9-5-12(16-2)6-10-14/h3-10,21H,1-2H3. The van der Waals surface area contributed by atoms with Crippen molar-refractivity contribution in [3.8, 4) is 11.5 Å². The first-order valence-corrected chi connectivity index (χ1v) is 12.9. The lowest BCUT2D eigenvalue weighted by Gasteiger charge is -2.21. The Bertz CT molecular complexity index is 656. The van der Waals surface area contributed by atoms with Gasteiger partial charge in [0.25, 0.3) is 0 Å². The van der Waals surface area contributed by atoms with Gasteiger partial charge in [-0.2, -0.15) is 0 Å². The van der Waals surface area contributed by atoms with E-state index in [1.54, 1.807) is 25.0 Å². The highest BCUT2D eigenvalue weighted by Crippen LogP contribution is 2.46. The van der Waals surface area contributed by atoms with Crippen molar-refractivity contribution in [2.45, 2.75) is 9.79 Å². The van der Waals surface area contributed by atoms with E-state index in [2.05, 4.69) is 0 Å². The highest BCUT2D eigenvalue weighted by Gasteiger charge is 2.14. The Labute approximate surface area is 140 Å². The molecule has 0 unspecified atom stereocenters. The number of benzene rings is 2. The normalized spacial score (nSPS) is 12.1. The Morgan fingerprint density at radius 1 is 0.905 bits per heavy atom. The summed E-state index contributed by atoms with van der Waals surface area (Å²) in [6, 6.07) is 15.8. The van der Waals surface area contributed by atoms with Crippen LogP contribution >= 0.6 is 17.4 Å².